The fourth-order valence-electron chi connectivity index (χ4n) is 1.62. The number of nitrogens with one attached hydrogen (secondary N) is 1. The molecule has 0 amide bonds. The van der Waals surface area contributed by atoms with E-state index in [2.05, 4.69) is 10.1 Å². The number of hydrogen-bond acceptors (Lipinski definition) is 2. The van der Waals surface area contributed by atoms with Crippen molar-refractivity contribution in [2.24, 2.45) is 0 Å². The summed E-state index contributed by atoms with van der Waals surface area (Å²) < 4.78 is 41.3. The zero-order chi connectivity index (χ0) is 14.5. The molecule has 0 saturated carbocycles. The maximum absolute atomic E-state index is 13.1. The summed E-state index contributed by atoms with van der Waals surface area (Å²) in [5.41, 5.74) is 1.30. The Morgan fingerprint density at radius 3 is 2.45 bits per heavy atom. The van der Waals surface area contributed by atoms with Gasteiger partial charge in [0.2, 0.25) is 0 Å². The van der Waals surface area contributed by atoms with Gasteiger partial charge in [0, 0.05) is 6.54 Å². The van der Waals surface area contributed by atoms with Crippen molar-refractivity contribution in [1.82, 2.24) is 0 Å². The number of anilines is 1. The highest BCUT2D eigenvalue weighted by Crippen LogP contribution is 2.23. The molecule has 0 heterocycles. The number of alkyl halides is 2. The molecule has 0 aromatic heterocycles. The number of halogens is 4. The van der Waals surface area contributed by atoms with Crippen LogP contribution in [0.2, 0.25) is 5.02 Å². The monoisotopic (exact) mass is 301 g/mol. The molecule has 0 unspecified atom stereocenters. The third-order valence-electron chi connectivity index (χ3n) is 2.56. The highest BCUT2D eigenvalue weighted by molar-refractivity contribution is 6.33. The van der Waals surface area contributed by atoms with E-state index in [-0.39, 0.29) is 5.75 Å². The molecule has 2 rings (SSSR count). The standard InChI is InChI=1S/C14H11ClF3NO/c15-12-6-3-10(16)7-13(12)19-8-9-1-4-11(5-2-9)20-14(17)18/h1-7,14,19H,8H2. The summed E-state index contributed by atoms with van der Waals surface area (Å²) in [6.45, 7) is -2.46. The summed E-state index contributed by atoms with van der Waals surface area (Å²) in [6.07, 6.45) is 0. The minimum absolute atomic E-state index is 0.0903. The summed E-state index contributed by atoms with van der Waals surface area (Å²) in [4.78, 5) is 0. The predicted molar refractivity (Wildman–Crippen MR) is 71.8 cm³/mol. The van der Waals surface area contributed by atoms with Crippen LogP contribution in [-0.4, -0.2) is 6.61 Å². The molecule has 0 aliphatic carbocycles. The van der Waals surface area contributed by atoms with Crippen LogP contribution in [0.5, 0.6) is 5.75 Å². The first-order valence-corrected chi connectivity index (χ1v) is 6.15. The first-order chi connectivity index (χ1) is 9.54. The van der Waals surface area contributed by atoms with E-state index in [9.17, 15) is 13.2 Å². The maximum atomic E-state index is 13.1. The van der Waals surface area contributed by atoms with Crippen LogP contribution >= 0.6 is 11.6 Å². The Bertz CT molecular complexity index is 575. The van der Waals surface area contributed by atoms with Gasteiger partial charge in [-0.05, 0) is 35.9 Å². The predicted octanol–water partition coefficient (Wildman–Crippen LogP) is 4.69. The molecule has 1 N–H and O–H groups in total. The third-order valence-corrected chi connectivity index (χ3v) is 2.89. The molecule has 0 atom stereocenters. The average molecular weight is 302 g/mol. The molecular formula is C14H11ClF3NO. The minimum Gasteiger partial charge on any atom is -0.435 e. The summed E-state index contributed by atoms with van der Waals surface area (Å²) in [7, 11) is 0. The van der Waals surface area contributed by atoms with Gasteiger partial charge in [-0.2, -0.15) is 8.78 Å². The Morgan fingerprint density at radius 1 is 1.10 bits per heavy atom. The van der Waals surface area contributed by atoms with Crippen molar-refractivity contribution >= 4 is 17.3 Å². The Hall–Kier alpha value is -1.88. The lowest BCUT2D eigenvalue weighted by Gasteiger charge is -2.09. The summed E-state index contributed by atoms with van der Waals surface area (Å²) in [5.74, 6) is -0.301. The molecular weight excluding hydrogens is 291 g/mol. The molecule has 2 aromatic carbocycles. The van der Waals surface area contributed by atoms with Gasteiger partial charge < -0.3 is 10.1 Å². The maximum Gasteiger partial charge on any atom is 0.387 e. The van der Waals surface area contributed by atoms with Crippen molar-refractivity contribution in [3.05, 3.63) is 58.9 Å². The number of benzene rings is 2. The molecule has 2 aromatic rings. The van der Waals surface area contributed by atoms with Gasteiger partial charge >= 0.3 is 6.61 Å². The largest absolute Gasteiger partial charge is 0.435 e. The SMILES string of the molecule is Fc1ccc(Cl)c(NCc2ccc(OC(F)F)cc2)c1. The van der Waals surface area contributed by atoms with E-state index in [0.29, 0.717) is 17.3 Å². The first-order valence-electron chi connectivity index (χ1n) is 5.77. The molecule has 0 bridgehead atoms. The normalized spacial score (nSPS) is 10.7. The zero-order valence-electron chi connectivity index (χ0n) is 10.2. The van der Waals surface area contributed by atoms with Gasteiger partial charge in [-0.3, -0.25) is 0 Å². The second-order valence-electron chi connectivity index (χ2n) is 4.00. The average Bonchev–Trinajstić information content (AvgIpc) is 2.41. The molecule has 0 radical (unpaired) electrons. The van der Waals surface area contributed by atoms with Crippen LogP contribution in [0.25, 0.3) is 0 Å². The van der Waals surface area contributed by atoms with Crippen LogP contribution in [-0.2, 0) is 6.54 Å². The molecule has 0 aliphatic rings. The van der Waals surface area contributed by atoms with Crippen molar-refractivity contribution in [2.75, 3.05) is 5.32 Å². The Labute approximate surface area is 119 Å². The number of hydrogen-bond donors (Lipinski definition) is 1. The van der Waals surface area contributed by atoms with Crippen LogP contribution in [0.15, 0.2) is 42.5 Å². The summed E-state index contributed by atoms with van der Waals surface area (Å²) in [6, 6.07) is 10.2. The lowest BCUT2D eigenvalue weighted by atomic mass is 10.2. The van der Waals surface area contributed by atoms with Gasteiger partial charge in [-0.15, -0.1) is 0 Å². The topological polar surface area (TPSA) is 21.3 Å². The summed E-state index contributed by atoms with van der Waals surface area (Å²) >= 11 is 5.91. The van der Waals surface area contributed by atoms with Crippen molar-refractivity contribution in [2.45, 2.75) is 13.2 Å². The van der Waals surface area contributed by atoms with E-state index in [0.717, 1.165) is 5.56 Å². The third kappa shape index (κ3) is 4.06. The molecule has 6 heteroatoms. The lowest BCUT2D eigenvalue weighted by Crippen LogP contribution is -2.03. The van der Waals surface area contributed by atoms with E-state index in [1.807, 2.05) is 0 Å². The van der Waals surface area contributed by atoms with Crippen LogP contribution in [0.1, 0.15) is 5.56 Å². The van der Waals surface area contributed by atoms with Gasteiger partial charge in [0.25, 0.3) is 0 Å². The Balaban J connectivity index is 1.98. The molecule has 20 heavy (non-hydrogen) atoms. The van der Waals surface area contributed by atoms with Gasteiger partial charge in [0.15, 0.2) is 0 Å². The lowest BCUT2D eigenvalue weighted by molar-refractivity contribution is -0.0498. The second kappa shape index (κ2) is 6.52. The van der Waals surface area contributed by atoms with Crippen molar-refractivity contribution in [3.8, 4) is 5.75 Å². The molecule has 2 nitrogen and oxygen atoms in total. The van der Waals surface area contributed by atoms with Gasteiger partial charge in [0.1, 0.15) is 11.6 Å². The molecule has 0 fully saturated rings. The van der Waals surface area contributed by atoms with Crippen LogP contribution in [0, 0.1) is 5.82 Å². The molecule has 0 saturated heterocycles. The second-order valence-corrected chi connectivity index (χ2v) is 4.41. The smallest absolute Gasteiger partial charge is 0.387 e. The van der Waals surface area contributed by atoms with Crippen molar-refractivity contribution < 1.29 is 17.9 Å². The molecule has 0 aliphatic heterocycles. The minimum atomic E-state index is -2.84. The van der Waals surface area contributed by atoms with Crippen LogP contribution in [0.3, 0.4) is 0 Å². The quantitative estimate of drug-likeness (QED) is 0.865. The summed E-state index contributed by atoms with van der Waals surface area (Å²) in [5, 5.41) is 3.38. The zero-order valence-corrected chi connectivity index (χ0v) is 11.0. The van der Waals surface area contributed by atoms with Crippen molar-refractivity contribution in [3.63, 3.8) is 0 Å². The van der Waals surface area contributed by atoms with E-state index < -0.39 is 12.4 Å². The molecule has 0 spiro atoms. The van der Waals surface area contributed by atoms with Crippen LogP contribution < -0.4 is 10.1 Å². The first kappa shape index (κ1) is 14.5. The Morgan fingerprint density at radius 2 is 1.80 bits per heavy atom. The van der Waals surface area contributed by atoms with Gasteiger partial charge in [-0.1, -0.05) is 23.7 Å². The van der Waals surface area contributed by atoms with E-state index in [1.165, 1.54) is 30.3 Å². The van der Waals surface area contributed by atoms with Crippen molar-refractivity contribution in [1.29, 1.82) is 0 Å². The number of ether oxygens (including phenoxy) is 1. The highest BCUT2D eigenvalue weighted by atomic mass is 35.5. The van der Waals surface area contributed by atoms with Gasteiger partial charge in [-0.25, -0.2) is 4.39 Å². The fourth-order valence-corrected chi connectivity index (χ4v) is 1.80. The van der Waals surface area contributed by atoms with Gasteiger partial charge in [0.05, 0.1) is 10.7 Å². The highest BCUT2D eigenvalue weighted by Gasteiger charge is 2.05. The van der Waals surface area contributed by atoms with Crippen LogP contribution in [0.4, 0.5) is 18.9 Å². The van der Waals surface area contributed by atoms with E-state index in [4.69, 9.17) is 11.6 Å². The number of rotatable bonds is 5. The fraction of sp³-hybridized carbons (Fsp3) is 0.143. The van der Waals surface area contributed by atoms with E-state index >= 15 is 0 Å². The Kier molecular flexibility index (Phi) is 4.74. The molecule has 106 valence electrons. The van der Waals surface area contributed by atoms with E-state index in [1.54, 1.807) is 12.1 Å².